The first-order chi connectivity index (χ1) is 17.5. The van der Waals surface area contributed by atoms with Gasteiger partial charge in [-0.15, -0.1) is 0 Å². The maximum atomic E-state index is 14.0. The molecule has 0 saturated carbocycles. The van der Waals surface area contributed by atoms with Crippen molar-refractivity contribution in [3.05, 3.63) is 119 Å². The molecule has 176 valence electrons. The van der Waals surface area contributed by atoms with Crippen LogP contribution in [-0.2, 0) is 0 Å². The molecule has 0 aliphatic carbocycles. The second kappa shape index (κ2) is 8.46. The Morgan fingerprint density at radius 2 is 1.69 bits per heavy atom. The maximum absolute atomic E-state index is 14.0. The molecule has 3 aromatic heterocycles. The topological polar surface area (TPSA) is 81.3 Å². The molecule has 0 fully saturated rings. The summed E-state index contributed by atoms with van der Waals surface area (Å²) in [5.74, 6) is -0.292. The lowest BCUT2D eigenvalue weighted by atomic mass is 10.0. The Morgan fingerprint density at radius 3 is 2.53 bits per heavy atom. The number of nitrogens with zero attached hydrogens (tertiary/aromatic N) is 4. The second-order valence-electron chi connectivity index (χ2n) is 8.84. The zero-order valence-electron chi connectivity index (χ0n) is 19.8. The summed E-state index contributed by atoms with van der Waals surface area (Å²) in [5, 5.41) is 10.9. The SMILES string of the molecule is Cc1nn2cccnc2c1C(=O)N[C@H](C)c1cc2ccc3ccccc3c2c(=O)n1-c1ccccc1. The number of amides is 1. The van der Waals surface area contributed by atoms with E-state index in [9.17, 15) is 9.59 Å². The van der Waals surface area contributed by atoms with Gasteiger partial charge in [-0.2, -0.15) is 5.10 Å². The van der Waals surface area contributed by atoms with Crippen molar-refractivity contribution >= 4 is 33.1 Å². The molecule has 0 aliphatic rings. The molecule has 3 heterocycles. The van der Waals surface area contributed by atoms with Crippen molar-refractivity contribution in [1.29, 1.82) is 0 Å². The molecule has 0 radical (unpaired) electrons. The Labute approximate surface area is 206 Å². The minimum absolute atomic E-state index is 0.125. The fourth-order valence-corrected chi connectivity index (χ4v) is 4.87. The van der Waals surface area contributed by atoms with Gasteiger partial charge in [-0.3, -0.25) is 14.2 Å². The zero-order valence-corrected chi connectivity index (χ0v) is 19.8. The summed E-state index contributed by atoms with van der Waals surface area (Å²) >= 11 is 0. The molecule has 0 unspecified atom stereocenters. The summed E-state index contributed by atoms with van der Waals surface area (Å²) in [6.07, 6.45) is 3.40. The number of rotatable bonds is 4. The highest BCUT2D eigenvalue weighted by molar-refractivity contribution is 6.07. The average molecular weight is 474 g/mol. The van der Waals surface area contributed by atoms with E-state index in [2.05, 4.69) is 15.4 Å². The Kier molecular flexibility index (Phi) is 5.11. The number of fused-ring (bicyclic) bond motifs is 4. The van der Waals surface area contributed by atoms with E-state index in [1.807, 2.05) is 79.7 Å². The number of para-hydroxylation sites is 1. The largest absolute Gasteiger partial charge is 0.344 e. The van der Waals surface area contributed by atoms with Gasteiger partial charge >= 0.3 is 0 Å². The number of aryl methyl sites for hydroxylation is 1. The standard InChI is InChI=1S/C29H23N5O2/c1-18(31-28(35)25-19(2)32-33-16-8-15-30-27(25)33)24-17-21-14-13-20-9-6-7-12-23(20)26(21)29(36)34(24)22-10-4-3-5-11-22/h3-18H,1-2H3,(H,31,35)/t18-/m1/s1. The monoisotopic (exact) mass is 473 g/mol. The van der Waals surface area contributed by atoms with E-state index in [-0.39, 0.29) is 11.5 Å². The van der Waals surface area contributed by atoms with Gasteiger partial charge in [0.25, 0.3) is 11.5 Å². The molecule has 3 aromatic carbocycles. The number of aromatic nitrogens is 4. The third-order valence-electron chi connectivity index (χ3n) is 6.54. The Morgan fingerprint density at radius 1 is 0.944 bits per heavy atom. The second-order valence-corrected chi connectivity index (χ2v) is 8.84. The number of pyridine rings is 1. The summed E-state index contributed by atoms with van der Waals surface area (Å²) < 4.78 is 3.29. The Balaban J connectivity index is 1.52. The smallest absolute Gasteiger partial charge is 0.263 e. The highest BCUT2D eigenvalue weighted by Gasteiger charge is 2.23. The molecule has 1 atom stereocenters. The van der Waals surface area contributed by atoms with Gasteiger partial charge < -0.3 is 5.32 Å². The van der Waals surface area contributed by atoms with Crippen molar-refractivity contribution in [2.75, 3.05) is 0 Å². The van der Waals surface area contributed by atoms with Crippen molar-refractivity contribution in [1.82, 2.24) is 24.5 Å². The molecule has 0 saturated heterocycles. The van der Waals surface area contributed by atoms with Crippen LogP contribution in [-0.4, -0.2) is 25.1 Å². The molecule has 0 spiro atoms. The maximum Gasteiger partial charge on any atom is 0.263 e. The molecule has 7 heteroatoms. The molecule has 7 nitrogen and oxygen atoms in total. The van der Waals surface area contributed by atoms with Crippen LogP contribution in [0.5, 0.6) is 0 Å². The van der Waals surface area contributed by atoms with Crippen molar-refractivity contribution < 1.29 is 4.79 Å². The molecular formula is C29H23N5O2. The van der Waals surface area contributed by atoms with E-state index in [4.69, 9.17) is 0 Å². The van der Waals surface area contributed by atoms with E-state index in [0.717, 1.165) is 21.8 Å². The van der Waals surface area contributed by atoms with Crippen molar-refractivity contribution in [3.8, 4) is 5.69 Å². The number of hydrogen-bond donors (Lipinski definition) is 1. The van der Waals surface area contributed by atoms with Gasteiger partial charge in [0.05, 0.1) is 17.1 Å². The fraction of sp³-hybridized carbons (Fsp3) is 0.103. The zero-order chi connectivity index (χ0) is 24.8. The van der Waals surface area contributed by atoms with Crippen LogP contribution in [0.1, 0.15) is 34.7 Å². The summed E-state index contributed by atoms with van der Waals surface area (Å²) in [5.41, 5.74) is 2.80. The average Bonchev–Trinajstić information content (AvgIpc) is 3.24. The van der Waals surface area contributed by atoms with Crippen molar-refractivity contribution in [3.63, 3.8) is 0 Å². The lowest BCUT2D eigenvalue weighted by molar-refractivity contribution is 0.0939. The van der Waals surface area contributed by atoms with Crippen LogP contribution < -0.4 is 10.9 Å². The van der Waals surface area contributed by atoms with Crippen molar-refractivity contribution in [2.24, 2.45) is 0 Å². The summed E-state index contributed by atoms with van der Waals surface area (Å²) in [6, 6.07) is 24.7. The van der Waals surface area contributed by atoms with Crippen LogP contribution in [0.25, 0.3) is 32.9 Å². The number of hydrogen-bond acceptors (Lipinski definition) is 4. The molecule has 1 N–H and O–H groups in total. The van der Waals surface area contributed by atoms with Gasteiger partial charge in [0.1, 0.15) is 5.56 Å². The van der Waals surface area contributed by atoms with Gasteiger partial charge in [-0.1, -0.05) is 54.6 Å². The summed E-state index contributed by atoms with van der Waals surface area (Å²) in [6.45, 7) is 3.67. The minimum Gasteiger partial charge on any atom is -0.344 e. The predicted molar refractivity (Wildman–Crippen MR) is 141 cm³/mol. The first-order valence-corrected chi connectivity index (χ1v) is 11.8. The number of benzene rings is 3. The minimum atomic E-state index is -0.473. The van der Waals surface area contributed by atoms with Crippen LogP contribution in [0.2, 0.25) is 0 Å². The molecule has 0 aliphatic heterocycles. The van der Waals surface area contributed by atoms with Crippen LogP contribution in [0, 0.1) is 6.92 Å². The van der Waals surface area contributed by atoms with E-state index in [1.165, 1.54) is 0 Å². The molecule has 6 aromatic rings. The van der Waals surface area contributed by atoms with Gasteiger partial charge in [0.15, 0.2) is 5.65 Å². The van der Waals surface area contributed by atoms with E-state index in [0.29, 0.717) is 28.0 Å². The number of carbonyl (C=O) groups excluding carboxylic acids is 1. The summed E-state index contributed by atoms with van der Waals surface area (Å²) in [4.78, 5) is 31.8. The van der Waals surface area contributed by atoms with Crippen LogP contribution >= 0.6 is 0 Å². The molecule has 6 rings (SSSR count). The molecule has 0 bridgehead atoms. The van der Waals surface area contributed by atoms with Gasteiger partial charge in [-0.25, -0.2) is 9.50 Å². The van der Waals surface area contributed by atoms with Gasteiger partial charge in [0.2, 0.25) is 0 Å². The van der Waals surface area contributed by atoms with Crippen LogP contribution in [0.15, 0.2) is 96.1 Å². The number of nitrogens with one attached hydrogen (secondary N) is 1. The third kappa shape index (κ3) is 3.44. The first-order valence-electron chi connectivity index (χ1n) is 11.8. The highest BCUT2D eigenvalue weighted by atomic mass is 16.2. The highest BCUT2D eigenvalue weighted by Crippen LogP contribution is 2.27. The lowest BCUT2D eigenvalue weighted by Gasteiger charge is -2.21. The van der Waals surface area contributed by atoms with Crippen molar-refractivity contribution in [2.45, 2.75) is 19.9 Å². The fourth-order valence-electron chi connectivity index (χ4n) is 4.87. The Hall–Kier alpha value is -4.78. The Bertz CT molecular complexity index is 1840. The van der Waals surface area contributed by atoms with Crippen LogP contribution in [0.4, 0.5) is 0 Å². The van der Waals surface area contributed by atoms with E-state index in [1.54, 1.807) is 34.5 Å². The quantitative estimate of drug-likeness (QED) is 0.366. The first kappa shape index (κ1) is 21.7. The number of carbonyl (C=O) groups is 1. The van der Waals surface area contributed by atoms with E-state index < -0.39 is 6.04 Å². The van der Waals surface area contributed by atoms with Gasteiger partial charge in [-0.05, 0) is 54.3 Å². The van der Waals surface area contributed by atoms with E-state index >= 15 is 0 Å². The van der Waals surface area contributed by atoms with Gasteiger partial charge in [0, 0.05) is 23.8 Å². The predicted octanol–water partition coefficient (Wildman–Crippen LogP) is 4.99. The molecule has 1 amide bonds. The normalized spacial score (nSPS) is 12.3. The summed E-state index contributed by atoms with van der Waals surface area (Å²) in [7, 11) is 0. The molecular weight excluding hydrogens is 450 g/mol. The lowest BCUT2D eigenvalue weighted by Crippen LogP contribution is -2.32. The van der Waals surface area contributed by atoms with Crippen LogP contribution in [0.3, 0.4) is 0 Å². The molecule has 36 heavy (non-hydrogen) atoms. The third-order valence-corrected chi connectivity index (χ3v) is 6.54.